The summed E-state index contributed by atoms with van der Waals surface area (Å²) in [6.45, 7) is 1.57. The van der Waals surface area contributed by atoms with Crippen LogP contribution in [-0.4, -0.2) is 23.4 Å². The summed E-state index contributed by atoms with van der Waals surface area (Å²) in [5, 5.41) is 18.9. The van der Waals surface area contributed by atoms with Crippen molar-refractivity contribution < 1.29 is 14.9 Å². The van der Waals surface area contributed by atoms with E-state index in [0.29, 0.717) is 11.3 Å². The second-order valence-corrected chi connectivity index (χ2v) is 3.16. The van der Waals surface area contributed by atoms with Gasteiger partial charge < -0.3 is 20.7 Å². The number of benzene rings is 1. The van der Waals surface area contributed by atoms with Crippen LogP contribution in [0.3, 0.4) is 0 Å². The maximum atomic E-state index is 9.57. The molecule has 0 aliphatic carbocycles. The van der Waals surface area contributed by atoms with E-state index >= 15 is 0 Å². The maximum Gasteiger partial charge on any atom is 0.127 e. The Morgan fingerprint density at radius 3 is 2.57 bits per heavy atom. The number of phenols is 1. The molecule has 4 nitrogen and oxygen atoms in total. The highest BCUT2D eigenvalue weighted by Gasteiger charge is 2.20. The first-order chi connectivity index (χ1) is 6.57. The SMILES string of the molecule is COc1cccc(O)c1[C@H](N)[C@@H](C)O. The smallest absolute Gasteiger partial charge is 0.127 e. The molecule has 0 saturated carbocycles. The molecule has 1 rings (SSSR count). The highest BCUT2D eigenvalue weighted by Crippen LogP contribution is 2.33. The zero-order chi connectivity index (χ0) is 10.7. The lowest BCUT2D eigenvalue weighted by molar-refractivity contribution is 0.161. The number of aliphatic hydroxyl groups excluding tert-OH is 1. The second-order valence-electron chi connectivity index (χ2n) is 3.16. The van der Waals surface area contributed by atoms with E-state index in [1.165, 1.54) is 13.2 Å². The Morgan fingerprint density at radius 1 is 1.43 bits per heavy atom. The molecule has 78 valence electrons. The van der Waals surface area contributed by atoms with Crippen LogP contribution in [0.15, 0.2) is 18.2 Å². The van der Waals surface area contributed by atoms with Gasteiger partial charge >= 0.3 is 0 Å². The topological polar surface area (TPSA) is 75.7 Å². The summed E-state index contributed by atoms with van der Waals surface area (Å²) >= 11 is 0. The number of methoxy groups -OCH3 is 1. The monoisotopic (exact) mass is 197 g/mol. The van der Waals surface area contributed by atoms with E-state index in [-0.39, 0.29) is 5.75 Å². The first kappa shape index (κ1) is 10.8. The molecule has 1 aromatic carbocycles. The average Bonchev–Trinajstić information content (AvgIpc) is 2.16. The molecule has 1 aromatic rings. The fourth-order valence-electron chi connectivity index (χ4n) is 1.29. The third-order valence-corrected chi connectivity index (χ3v) is 2.12. The molecule has 0 fully saturated rings. The first-order valence-corrected chi connectivity index (χ1v) is 4.37. The van der Waals surface area contributed by atoms with Gasteiger partial charge in [-0.3, -0.25) is 0 Å². The van der Waals surface area contributed by atoms with Crippen LogP contribution < -0.4 is 10.5 Å². The average molecular weight is 197 g/mol. The van der Waals surface area contributed by atoms with E-state index in [1.54, 1.807) is 19.1 Å². The fourth-order valence-corrected chi connectivity index (χ4v) is 1.29. The number of nitrogens with two attached hydrogens (primary N) is 1. The van der Waals surface area contributed by atoms with Gasteiger partial charge in [-0.05, 0) is 19.1 Å². The largest absolute Gasteiger partial charge is 0.507 e. The van der Waals surface area contributed by atoms with Gasteiger partial charge in [0.1, 0.15) is 11.5 Å². The van der Waals surface area contributed by atoms with Crippen molar-refractivity contribution in [2.24, 2.45) is 5.73 Å². The Balaban J connectivity index is 3.16. The quantitative estimate of drug-likeness (QED) is 0.669. The van der Waals surface area contributed by atoms with Crippen molar-refractivity contribution >= 4 is 0 Å². The summed E-state index contributed by atoms with van der Waals surface area (Å²) in [6, 6.07) is 4.22. The van der Waals surface area contributed by atoms with Crippen LogP contribution in [0.2, 0.25) is 0 Å². The number of ether oxygens (including phenoxy) is 1. The molecule has 0 saturated heterocycles. The molecule has 0 aliphatic rings. The van der Waals surface area contributed by atoms with Crippen molar-refractivity contribution in [2.75, 3.05) is 7.11 Å². The Labute approximate surface area is 82.9 Å². The van der Waals surface area contributed by atoms with Gasteiger partial charge in [0.2, 0.25) is 0 Å². The minimum absolute atomic E-state index is 0.0396. The molecule has 0 radical (unpaired) electrons. The third kappa shape index (κ3) is 1.97. The Morgan fingerprint density at radius 2 is 2.07 bits per heavy atom. The Hall–Kier alpha value is -1.26. The highest BCUT2D eigenvalue weighted by atomic mass is 16.5. The van der Waals surface area contributed by atoms with Crippen molar-refractivity contribution in [1.82, 2.24) is 0 Å². The van der Waals surface area contributed by atoms with Gasteiger partial charge in [-0.2, -0.15) is 0 Å². The fraction of sp³-hybridized carbons (Fsp3) is 0.400. The number of aromatic hydroxyl groups is 1. The molecule has 0 unspecified atom stereocenters. The molecule has 2 atom stereocenters. The van der Waals surface area contributed by atoms with E-state index < -0.39 is 12.1 Å². The van der Waals surface area contributed by atoms with Crippen molar-refractivity contribution in [2.45, 2.75) is 19.1 Å². The Bertz CT molecular complexity index is 312. The number of rotatable bonds is 3. The first-order valence-electron chi connectivity index (χ1n) is 4.37. The molecule has 14 heavy (non-hydrogen) atoms. The van der Waals surface area contributed by atoms with E-state index in [1.807, 2.05) is 0 Å². The summed E-state index contributed by atoms with van der Waals surface area (Å²) in [5.41, 5.74) is 6.16. The highest BCUT2D eigenvalue weighted by molar-refractivity contribution is 5.46. The summed E-state index contributed by atoms with van der Waals surface area (Å²) in [4.78, 5) is 0. The van der Waals surface area contributed by atoms with Crippen LogP contribution >= 0.6 is 0 Å². The summed E-state index contributed by atoms with van der Waals surface area (Å²) in [6.07, 6.45) is -0.739. The summed E-state index contributed by atoms with van der Waals surface area (Å²) in [5.74, 6) is 0.524. The van der Waals surface area contributed by atoms with Crippen LogP contribution in [0.25, 0.3) is 0 Å². The molecule has 0 spiro atoms. The molecular formula is C10H15NO3. The summed E-state index contributed by atoms with van der Waals surface area (Å²) in [7, 11) is 1.49. The lowest BCUT2D eigenvalue weighted by Gasteiger charge is -2.19. The van der Waals surface area contributed by atoms with Crippen molar-refractivity contribution in [3.05, 3.63) is 23.8 Å². The number of aliphatic hydroxyl groups is 1. The van der Waals surface area contributed by atoms with Crippen LogP contribution in [-0.2, 0) is 0 Å². The molecule has 0 aliphatic heterocycles. The minimum atomic E-state index is -0.739. The van der Waals surface area contributed by atoms with Crippen LogP contribution in [0, 0.1) is 0 Å². The van der Waals surface area contributed by atoms with Gasteiger partial charge in [0.05, 0.1) is 24.8 Å². The molecule has 0 amide bonds. The van der Waals surface area contributed by atoms with E-state index in [0.717, 1.165) is 0 Å². The predicted octanol–water partition coefficient (Wildman–Crippen LogP) is 0.781. The lowest BCUT2D eigenvalue weighted by Crippen LogP contribution is -2.23. The van der Waals surface area contributed by atoms with E-state index in [2.05, 4.69) is 0 Å². The van der Waals surface area contributed by atoms with Gasteiger partial charge in [-0.15, -0.1) is 0 Å². The molecule has 0 bridgehead atoms. The Kier molecular flexibility index (Phi) is 3.33. The van der Waals surface area contributed by atoms with Gasteiger partial charge in [0.15, 0.2) is 0 Å². The standard InChI is InChI=1S/C10H15NO3/c1-6(12)10(11)9-7(13)4-3-5-8(9)14-2/h3-6,10,12-13H,11H2,1-2H3/t6-,10-/m1/s1. The van der Waals surface area contributed by atoms with Crippen molar-refractivity contribution in [3.63, 3.8) is 0 Å². The van der Waals surface area contributed by atoms with Crippen LogP contribution in [0.1, 0.15) is 18.5 Å². The number of hydrogen-bond acceptors (Lipinski definition) is 4. The normalized spacial score (nSPS) is 14.9. The third-order valence-electron chi connectivity index (χ3n) is 2.12. The number of phenolic OH excluding ortho intramolecular Hbond substituents is 1. The van der Waals surface area contributed by atoms with Gasteiger partial charge in [0.25, 0.3) is 0 Å². The van der Waals surface area contributed by atoms with Crippen LogP contribution in [0.4, 0.5) is 0 Å². The molecule has 0 aromatic heterocycles. The van der Waals surface area contributed by atoms with Gasteiger partial charge in [-0.1, -0.05) is 6.07 Å². The van der Waals surface area contributed by atoms with E-state index in [9.17, 15) is 10.2 Å². The molecule has 4 N–H and O–H groups in total. The molecule has 0 heterocycles. The van der Waals surface area contributed by atoms with Gasteiger partial charge in [-0.25, -0.2) is 0 Å². The second kappa shape index (κ2) is 4.30. The van der Waals surface area contributed by atoms with Crippen LogP contribution in [0.5, 0.6) is 11.5 Å². The van der Waals surface area contributed by atoms with E-state index in [4.69, 9.17) is 10.5 Å². The maximum absolute atomic E-state index is 9.57. The predicted molar refractivity (Wildman–Crippen MR) is 53.3 cm³/mol. The zero-order valence-corrected chi connectivity index (χ0v) is 8.27. The summed E-state index contributed by atoms with van der Waals surface area (Å²) < 4.78 is 5.05. The zero-order valence-electron chi connectivity index (χ0n) is 8.27. The number of hydrogen-bond donors (Lipinski definition) is 3. The van der Waals surface area contributed by atoms with Gasteiger partial charge in [0, 0.05) is 0 Å². The minimum Gasteiger partial charge on any atom is -0.507 e. The van der Waals surface area contributed by atoms with Crippen molar-refractivity contribution in [3.8, 4) is 11.5 Å². The molecule has 4 heteroatoms. The van der Waals surface area contributed by atoms with Crippen molar-refractivity contribution in [1.29, 1.82) is 0 Å². The lowest BCUT2D eigenvalue weighted by atomic mass is 10.0. The molecular weight excluding hydrogens is 182 g/mol.